The van der Waals surface area contributed by atoms with Gasteiger partial charge in [-0.15, -0.1) is 0 Å². The van der Waals surface area contributed by atoms with Crippen molar-refractivity contribution in [3.63, 3.8) is 0 Å². The summed E-state index contributed by atoms with van der Waals surface area (Å²) in [5.41, 5.74) is 3.10. The Kier molecular flexibility index (Phi) is 7.78. The monoisotopic (exact) mass is 377 g/mol. The Bertz CT molecular complexity index is 770. The standard InChI is InChI=1S/C20H27NO4S/c1-3-4-17-7-11-19(12-8-17)26(23,24)21-15-20(25-14-13-22)18-9-5-16(2)6-10-18/h5-12,20-22H,3-4,13-15H2,1-2H3. The average Bonchev–Trinajstić information content (AvgIpc) is 2.63. The Morgan fingerprint density at radius 1 is 1.08 bits per heavy atom. The number of hydrogen-bond donors (Lipinski definition) is 2. The second-order valence-electron chi connectivity index (χ2n) is 6.24. The summed E-state index contributed by atoms with van der Waals surface area (Å²) in [6.07, 6.45) is 1.49. The molecule has 26 heavy (non-hydrogen) atoms. The highest BCUT2D eigenvalue weighted by Crippen LogP contribution is 2.19. The Labute approximate surface area is 156 Å². The van der Waals surface area contributed by atoms with Gasteiger partial charge in [-0.1, -0.05) is 55.3 Å². The van der Waals surface area contributed by atoms with Crippen molar-refractivity contribution < 1.29 is 18.3 Å². The fraction of sp³-hybridized carbons (Fsp3) is 0.400. The van der Waals surface area contributed by atoms with E-state index in [-0.39, 0.29) is 24.7 Å². The predicted molar refractivity (Wildman–Crippen MR) is 103 cm³/mol. The number of sulfonamides is 1. The molecule has 2 N–H and O–H groups in total. The van der Waals surface area contributed by atoms with Gasteiger partial charge in [-0.25, -0.2) is 13.1 Å². The number of rotatable bonds is 10. The van der Waals surface area contributed by atoms with Crippen LogP contribution in [-0.2, 0) is 21.2 Å². The maximum absolute atomic E-state index is 12.5. The van der Waals surface area contributed by atoms with Crippen LogP contribution < -0.4 is 4.72 Å². The summed E-state index contributed by atoms with van der Waals surface area (Å²) in [4.78, 5) is 0.238. The lowest BCUT2D eigenvalue weighted by Gasteiger charge is -2.19. The van der Waals surface area contributed by atoms with Gasteiger partial charge in [0, 0.05) is 6.54 Å². The first-order valence-electron chi connectivity index (χ1n) is 8.84. The van der Waals surface area contributed by atoms with Gasteiger partial charge in [0.05, 0.1) is 24.2 Å². The Morgan fingerprint density at radius 3 is 2.31 bits per heavy atom. The number of nitrogens with one attached hydrogen (secondary N) is 1. The third-order valence-electron chi connectivity index (χ3n) is 4.09. The fourth-order valence-electron chi connectivity index (χ4n) is 2.64. The molecule has 0 aromatic heterocycles. The van der Waals surface area contributed by atoms with Crippen LogP contribution in [-0.4, -0.2) is 33.3 Å². The molecule has 0 saturated heterocycles. The average molecular weight is 378 g/mol. The van der Waals surface area contributed by atoms with Crippen LogP contribution in [0.15, 0.2) is 53.4 Å². The Morgan fingerprint density at radius 2 is 1.73 bits per heavy atom. The van der Waals surface area contributed by atoms with E-state index in [1.807, 2.05) is 43.3 Å². The van der Waals surface area contributed by atoms with Crippen molar-refractivity contribution in [1.29, 1.82) is 0 Å². The number of benzene rings is 2. The first-order chi connectivity index (χ1) is 12.5. The van der Waals surface area contributed by atoms with Crippen molar-refractivity contribution in [2.24, 2.45) is 0 Å². The van der Waals surface area contributed by atoms with E-state index in [0.29, 0.717) is 0 Å². The molecule has 2 aromatic rings. The molecule has 1 atom stereocenters. The van der Waals surface area contributed by atoms with Gasteiger partial charge in [-0.05, 0) is 36.6 Å². The van der Waals surface area contributed by atoms with E-state index in [0.717, 1.165) is 29.5 Å². The van der Waals surface area contributed by atoms with Gasteiger partial charge in [0.15, 0.2) is 0 Å². The van der Waals surface area contributed by atoms with Gasteiger partial charge in [0.2, 0.25) is 10.0 Å². The summed E-state index contributed by atoms with van der Waals surface area (Å²) in [7, 11) is -3.62. The number of hydrogen-bond acceptors (Lipinski definition) is 4. The molecule has 0 heterocycles. The Hall–Kier alpha value is -1.73. The van der Waals surface area contributed by atoms with Crippen molar-refractivity contribution >= 4 is 10.0 Å². The number of aliphatic hydroxyl groups excluding tert-OH is 1. The van der Waals surface area contributed by atoms with Crippen LogP contribution >= 0.6 is 0 Å². The van der Waals surface area contributed by atoms with Crippen LogP contribution in [0.5, 0.6) is 0 Å². The highest BCUT2D eigenvalue weighted by molar-refractivity contribution is 7.89. The summed E-state index contributed by atoms with van der Waals surface area (Å²) in [5.74, 6) is 0. The normalized spacial score (nSPS) is 12.9. The second kappa shape index (κ2) is 9.83. The van der Waals surface area contributed by atoms with E-state index in [1.165, 1.54) is 0 Å². The SMILES string of the molecule is CCCc1ccc(S(=O)(=O)NCC(OCCO)c2ccc(C)cc2)cc1. The Balaban J connectivity index is 2.09. The summed E-state index contributed by atoms with van der Waals surface area (Å²) in [6, 6.07) is 14.7. The minimum atomic E-state index is -3.62. The van der Waals surface area contributed by atoms with Gasteiger partial charge >= 0.3 is 0 Å². The van der Waals surface area contributed by atoms with Gasteiger partial charge < -0.3 is 9.84 Å². The zero-order valence-electron chi connectivity index (χ0n) is 15.3. The summed E-state index contributed by atoms with van der Waals surface area (Å²) < 4.78 is 33.3. The smallest absolute Gasteiger partial charge is 0.240 e. The largest absolute Gasteiger partial charge is 0.394 e. The lowest BCUT2D eigenvalue weighted by molar-refractivity contribution is 0.0309. The van der Waals surface area contributed by atoms with E-state index in [4.69, 9.17) is 9.84 Å². The molecule has 0 fully saturated rings. The summed E-state index contributed by atoms with van der Waals surface area (Å²) in [5, 5.41) is 9.02. The van der Waals surface area contributed by atoms with Crippen molar-refractivity contribution in [2.45, 2.75) is 37.7 Å². The first kappa shape index (κ1) is 20.6. The lowest BCUT2D eigenvalue weighted by atomic mass is 10.1. The van der Waals surface area contributed by atoms with Crippen LogP contribution in [0.2, 0.25) is 0 Å². The quantitative estimate of drug-likeness (QED) is 0.667. The third-order valence-corrected chi connectivity index (χ3v) is 5.53. The zero-order chi connectivity index (χ0) is 19.0. The second-order valence-corrected chi connectivity index (χ2v) is 8.01. The highest BCUT2D eigenvalue weighted by atomic mass is 32.2. The molecule has 0 aliphatic rings. The molecular formula is C20H27NO4S. The summed E-state index contributed by atoms with van der Waals surface area (Å²) in [6.45, 7) is 4.20. The number of aryl methyl sites for hydroxylation is 2. The van der Waals surface area contributed by atoms with Crippen molar-refractivity contribution in [1.82, 2.24) is 4.72 Å². The topological polar surface area (TPSA) is 75.6 Å². The van der Waals surface area contributed by atoms with E-state index in [1.54, 1.807) is 12.1 Å². The van der Waals surface area contributed by atoms with E-state index in [2.05, 4.69) is 11.6 Å². The molecule has 0 aliphatic carbocycles. The molecule has 0 bridgehead atoms. The zero-order valence-corrected chi connectivity index (χ0v) is 16.1. The minimum absolute atomic E-state index is 0.0993. The molecule has 0 amide bonds. The maximum atomic E-state index is 12.5. The van der Waals surface area contributed by atoms with Crippen LogP contribution in [0.1, 0.15) is 36.1 Å². The summed E-state index contributed by atoms with van der Waals surface area (Å²) >= 11 is 0. The van der Waals surface area contributed by atoms with Crippen LogP contribution in [0.25, 0.3) is 0 Å². The van der Waals surface area contributed by atoms with Gasteiger partial charge in [-0.3, -0.25) is 0 Å². The molecule has 2 aromatic carbocycles. The van der Waals surface area contributed by atoms with Gasteiger partial charge in [0.25, 0.3) is 0 Å². The molecule has 142 valence electrons. The van der Waals surface area contributed by atoms with Gasteiger partial charge in [0.1, 0.15) is 0 Å². The molecule has 0 saturated carbocycles. The third kappa shape index (κ3) is 5.92. The number of ether oxygens (including phenoxy) is 1. The van der Waals surface area contributed by atoms with Crippen molar-refractivity contribution in [2.75, 3.05) is 19.8 Å². The number of aliphatic hydroxyl groups is 1. The maximum Gasteiger partial charge on any atom is 0.240 e. The van der Waals surface area contributed by atoms with Crippen LogP contribution in [0.3, 0.4) is 0 Å². The van der Waals surface area contributed by atoms with Crippen molar-refractivity contribution in [3.8, 4) is 0 Å². The lowest BCUT2D eigenvalue weighted by Crippen LogP contribution is -2.30. The van der Waals surface area contributed by atoms with Crippen molar-refractivity contribution in [3.05, 3.63) is 65.2 Å². The van der Waals surface area contributed by atoms with E-state index < -0.39 is 16.1 Å². The minimum Gasteiger partial charge on any atom is -0.394 e. The van der Waals surface area contributed by atoms with E-state index >= 15 is 0 Å². The molecule has 1 unspecified atom stereocenters. The molecule has 0 aliphatic heterocycles. The first-order valence-corrected chi connectivity index (χ1v) is 10.3. The van der Waals surface area contributed by atoms with Crippen LogP contribution in [0, 0.1) is 6.92 Å². The predicted octanol–water partition coefficient (Wildman–Crippen LogP) is 2.98. The molecule has 6 heteroatoms. The van der Waals surface area contributed by atoms with Crippen LogP contribution in [0.4, 0.5) is 0 Å². The highest BCUT2D eigenvalue weighted by Gasteiger charge is 2.18. The van der Waals surface area contributed by atoms with Gasteiger partial charge in [-0.2, -0.15) is 0 Å². The molecule has 0 spiro atoms. The molecule has 0 radical (unpaired) electrons. The molecule has 5 nitrogen and oxygen atoms in total. The molecular weight excluding hydrogens is 350 g/mol. The fourth-order valence-corrected chi connectivity index (χ4v) is 3.67. The molecule has 2 rings (SSSR count). The van der Waals surface area contributed by atoms with E-state index in [9.17, 15) is 8.42 Å².